The quantitative estimate of drug-likeness (QED) is 0.612. The van der Waals surface area contributed by atoms with Crippen molar-refractivity contribution >= 4 is 11.8 Å². The zero-order valence-corrected chi connectivity index (χ0v) is 11.9. The molecule has 3 heteroatoms. The molecule has 3 nitrogen and oxygen atoms in total. The molecule has 1 aliphatic carbocycles. The van der Waals surface area contributed by atoms with E-state index in [-0.39, 0.29) is 11.9 Å². The number of ketones is 1. The second kappa shape index (κ2) is 5.39. The molecule has 0 atom stereocenters. The average Bonchev–Trinajstić information content (AvgIpc) is 2.47. The van der Waals surface area contributed by atoms with E-state index in [1.165, 1.54) is 5.56 Å². The number of ether oxygens (including phenoxy) is 1. The molecule has 0 amide bonds. The molecule has 3 rings (SSSR count). The normalized spacial score (nSPS) is 25.8. The van der Waals surface area contributed by atoms with Gasteiger partial charge in [0.2, 0.25) is 0 Å². The number of carbonyl (C=O) groups excluding carboxylic acids is 2. The van der Waals surface area contributed by atoms with Gasteiger partial charge in [0.25, 0.3) is 0 Å². The molecule has 2 aliphatic rings. The van der Waals surface area contributed by atoms with Crippen molar-refractivity contribution in [1.29, 1.82) is 0 Å². The van der Waals surface area contributed by atoms with Gasteiger partial charge in [-0.3, -0.25) is 9.59 Å². The summed E-state index contributed by atoms with van der Waals surface area (Å²) in [4.78, 5) is 22.7. The molecule has 1 fully saturated rings. The van der Waals surface area contributed by atoms with Crippen LogP contribution >= 0.6 is 0 Å². The minimum Gasteiger partial charge on any atom is -0.426 e. The van der Waals surface area contributed by atoms with Crippen LogP contribution in [0.3, 0.4) is 0 Å². The molecule has 0 aromatic heterocycles. The van der Waals surface area contributed by atoms with Gasteiger partial charge in [0, 0.05) is 5.92 Å². The van der Waals surface area contributed by atoms with Crippen molar-refractivity contribution in [3.05, 3.63) is 29.3 Å². The Morgan fingerprint density at radius 1 is 1.15 bits per heavy atom. The maximum atomic E-state index is 11.4. The Kier molecular flexibility index (Phi) is 3.60. The van der Waals surface area contributed by atoms with Crippen LogP contribution in [0.15, 0.2) is 18.2 Å². The molecule has 106 valence electrons. The number of fused-ring (bicyclic) bond motifs is 1. The molecule has 20 heavy (non-hydrogen) atoms. The fourth-order valence-electron chi connectivity index (χ4n) is 3.39. The Morgan fingerprint density at radius 2 is 1.90 bits per heavy atom. The fraction of sp³-hybridized carbons (Fsp3) is 0.529. The van der Waals surface area contributed by atoms with E-state index in [0.29, 0.717) is 18.1 Å². The van der Waals surface area contributed by atoms with Crippen LogP contribution in [0, 0.1) is 5.92 Å². The minimum atomic E-state index is -0.132. The summed E-state index contributed by atoms with van der Waals surface area (Å²) in [6, 6.07) is 6.20. The summed E-state index contributed by atoms with van der Waals surface area (Å²) in [5.74, 6) is 1.74. The number of aryl methyl sites for hydroxylation is 1. The summed E-state index contributed by atoms with van der Waals surface area (Å²) in [5, 5.41) is 0. The molecule has 0 unspecified atom stereocenters. The standard InChI is InChI=1S/C17H20O3/c1-11(18)12-2-4-13(5-3-12)14-6-8-16-15(10-14)7-9-17(19)20-16/h6,8,10,12-13H,2-5,7,9H2,1H3. The third-order valence-corrected chi connectivity index (χ3v) is 4.68. The first-order valence-electron chi connectivity index (χ1n) is 7.47. The van der Waals surface area contributed by atoms with Gasteiger partial charge < -0.3 is 4.74 Å². The van der Waals surface area contributed by atoms with E-state index in [1.807, 2.05) is 6.07 Å². The predicted octanol–water partition coefficient (Wildman–Crippen LogP) is 3.40. The van der Waals surface area contributed by atoms with Crippen molar-refractivity contribution < 1.29 is 14.3 Å². The van der Waals surface area contributed by atoms with Crippen molar-refractivity contribution in [2.75, 3.05) is 0 Å². The summed E-state index contributed by atoms with van der Waals surface area (Å²) >= 11 is 0. The molecule has 1 aromatic carbocycles. The van der Waals surface area contributed by atoms with Crippen LogP contribution in [-0.2, 0) is 16.0 Å². The lowest BCUT2D eigenvalue weighted by Crippen LogP contribution is -2.19. The second-order valence-corrected chi connectivity index (χ2v) is 6.00. The topological polar surface area (TPSA) is 43.4 Å². The van der Waals surface area contributed by atoms with E-state index in [4.69, 9.17) is 4.74 Å². The Hall–Kier alpha value is -1.64. The molecular formula is C17H20O3. The first-order chi connectivity index (χ1) is 9.63. The zero-order chi connectivity index (χ0) is 14.1. The highest BCUT2D eigenvalue weighted by Crippen LogP contribution is 2.38. The first kappa shape index (κ1) is 13.3. The number of benzene rings is 1. The monoisotopic (exact) mass is 272 g/mol. The van der Waals surface area contributed by atoms with Gasteiger partial charge in [0.15, 0.2) is 0 Å². The maximum Gasteiger partial charge on any atom is 0.311 e. The van der Waals surface area contributed by atoms with Crippen molar-refractivity contribution in [2.24, 2.45) is 5.92 Å². The molecule has 1 saturated carbocycles. The molecule has 0 N–H and O–H groups in total. The smallest absolute Gasteiger partial charge is 0.311 e. The van der Waals surface area contributed by atoms with Crippen LogP contribution in [0.1, 0.15) is 56.1 Å². The van der Waals surface area contributed by atoms with Gasteiger partial charge in [0.1, 0.15) is 11.5 Å². The maximum absolute atomic E-state index is 11.4. The number of hydrogen-bond donors (Lipinski definition) is 0. The highest BCUT2D eigenvalue weighted by atomic mass is 16.5. The second-order valence-electron chi connectivity index (χ2n) is 6.00. The van der Waals surface area contributed by atoms with Crippen LogP contribution < -0.4 is 4.74 Å². The predicted molar refractivity (Wildman–Crippen MR) is 75.8 cm³/mol. The van der Waals surface area contributed by atoms with E-state index in [2.05, 4.69) is 12.1 Å². The lowest BCUT2D eigenvalue weighted by molar-refractivity contribution is -0.135. The molecule has 0 saturated heterocycles. The fourth-order valence-corrected chi connectivity index (χ4v) is 3.39. The lowest BCUT2D eigenvalue weighted by atomic mass is 9.77. The van der Waals surface area contributed by atoms with Gasteiger partial charge in [-0.15, -0.1) is 0 Å². The van der Waals surface area contributed by atoms with Gasteiger partial charge >= 0.3 is 5.97 Å². The summed E-state index contributed by atoms with van der Waals surface area (Å²) in [6.45, 7) is 1.71. The van der Waals surface area contributed by atoms with Crippen molar-refractivity contribution in [3.8, 4) is 5.75 Å². The molecule has 0 radical (unpaired) electrons. The average molecular weight is 272 g/mol. The number of hydrogen-bond acceptors (Lipinski definition) is 3. The SMILES string of the molecule is CC(=O)C1CCC(c2ccc3c(c2)CCC(=O)O3)CC1. The van der Waals surface area contributed by atoms with Crippen LogP contribution in [0.25, 0.3) is 0 Å². The number of esters is 1. The summed E-state index contributed by atoms with van der Waals surface area (Å²) in [6.07, 6.45) is 5.45. The van der Waals surface area contributed by atoms with Crippen LogP contribution in [0.4, 0.5) is 0 Å². The third-order valence-electron chi connectivity index (χ3n) is 4.68. The van der Waals surface area contributed by atoms with E-state index in [9.17, 15) is 9.59 Å². The Labute approximate surface area is 119 Å². The number of carbonyl (C=O) groups is 2. The van der Waals surface area contributed by atoms with Crippen molar-refractivity contribution in [2.45, 2.75) is 51.4 Å². The minimum absolute atomic E-state index is 0.132. The van der Waals surface area contributed by atoms with Crippen LogP contribution in [0.5, 0.6) is 5.75 Å². The summed E-state index contributed by atoms with van der Waals surface area (Å²) < 4.78 is 5.24. The van der Waals surface area contributed by atoms with Gasteiger partial charge in [-0.2, -0.15) is 0 Å². The Bertz CT molecular complexity index is 539. The van der Waals surface area contributed by atoms with Gasteiger partial charge in [0.05, 0.1) is 6.42 Å². The molecule has 1 aliphatic heterocycles. The molecule has 1 aromatic rings. The number of rotatable bonds is 2. The van der Waals surface area contributed by atoms with E-state index in [1.54, 1.807) is 6.92 Å². The number of Topliss-reactive ketones (excluding diaryl/α,β-unsaturated/α-hetero) is 1. The van der Waals surface area contributed by atoms with Gasteiger partial charge in [-0.05, 0) is 62.1 Å². The van der Waals surface area contributed by atoms with E-state index in [0.717, 1.165) is 43.4 Å². The van der Waals surface area contributed by atoms with Crippen LogP contribution in [-0.4, -0.2) is 11.8 Å². The summed E-state index contributed by atoms with van der Waals surface area (Å²) in [7, 11) is 0. The summed E-state index contributed by atoms with van der Waals surface area (Å²) in [5.41, 5.74) is 2.49. The van der Waals surface area contributed by atoms with Crippen LogP contribution in [0.2, 0.25) is 0 Å². The Morgan fingerprint density at radius 3 is 2.60 bits per heavy atom. The Balaban J connectivity index is 1.73. The molecular weight excluding hydrogens is 252 g/mol. The third kappa shape index (κ3) is 2.62. The van der Waals surface area contributed by atoms with E-state index >= 15 is 0 Å². The van der Waals surface area contributed by atoms with Crippen molar-refractivity contribution in [3.63, 3.8) is 0 Å². The highest BCUT2D eigenvalue weighted by molar-refractivity contribution is 5.78. The first-order valence-corrected chi connectivity index (χ1v) is 7.47. The van der Waals surface area contributed by atoms with Gasteiger partial charge in [-0.1, -0.05) is 12.1 Å². The molecule has 1 heterocycles. The molecule has 0 bridgehead atoms. The largest absolute Gasteiger partial charge is 0.426 e. The highest BCUT2D eigenvalue weighted by Gasteiger charge is 2.26. The zero-order valence-electron chi connectivity index (χ0n) is 11.9. The van der Waals surface area contributed by atoms with Crippen molar-refractivity contribution in [1.82, 2.24) is 0 Å². The lowest BCUT2D eigenvalue weighted by Gasteiger charge is -2.28. The van der Waals surface area contributed by atoms with Gasteiger partial charge in [-0.25, -0.2) is 0 Å². The van der Waals surface area contributed by atoms with E-state index < -0.39 is 0 Å². The molecule has 0 spiro atoms.